The number of imidazole rings is 1. The fraction of sp³-hybridized carbons (Fsp3) is 0.688. The average Bonchev–Trinajstić information content (AvgIpc) is 3.08. The van der Waals surface area contributed by atoms with Crippen molar-refractivity contribution in [3.8, 4) is 0 Å². The van der Waals surface area contributed by atoms with Gasteiger partial charge in [-0.1, -0.05) is 19.8 Å². The molecule has 0 amide bonds. The van der Waals surface area contributed by atoms with Crippen LogP contribution in [-0.2, 0) is 0 Å². The van der Waals surface area contributed by atoms with Crippen molar-refractivity contribution in [2.75, 3.05) is 0 Å². The van der Waals surface area contributed by atoms with Gasteiger partial charge >= 0.3 is 0 Å². The molecular weight excluding hydrogens is 268 g/mol. The number of fused-ring (bicyclic) bond motifs is 1. The van der Waals surface area contributed by atoms with Crippen LogP contribution in [0.25, 0.3) is 4.83 Å². The van der Waals surface area contributed by atoms with Gasteiger partial charge in [-0.2, -0.15) is 0 Å². The smallest absolute Gasteiger partial charge is 0.120 e. The van der Waals surface area contributed by atoms with Gasteiger partial charge in [0.05, 0.1) is 18.0 Å². The van der Waals surface area contributed by atoms with E-state index in [9.17, 15) is 5.11 Å². The van der Waals surface area contributed by atoms with Crippen LogP contribution in [0, 0.1) is 11.8 Å². The number of aliphatic hydroxyl groups is 1. The Morgan fingerprint density at radius 3 is 2.70 bits per heavy atom. The Balaban J connectivity index is 1.69. The molecular formula is C16H22N2OS. The molecule has 2 aliphatic rings. The van der Waals surface area contributed by atoms with Gasteiger partial charge in [0, 0.05) is 4.88 Å². The van der Waals surface area contributed by atoms with Crippen molar-refractivity contribution >= 4 is 16.2 Å². The van der Waals surface area contributed by atoms with Crippen LogP contribution in [0.1, 0.15) is 68.0 Å². The molecule has 2 fully saturated rings. The molecule has 2 heterocycles. The molecule has 4 rings (SSSR count). The standard InChI is InChI=1S/C16H22N2OS/c1-10-2-4-11(5-3-10)15(19)14-16(12-6-7-12)20-13-8-17-9-18(13)14/h8-12,15,19H,2-7H2,1H3. The van der Waals surface area contributed by atoms with E-state index in [1.165, 1.54) is 48.2 Å². The second kappa shape index (κ2) is 4.85. The van der Waals surface area contributed by atoms with Gasteiger partial charge < -0.3 is 5.11 Å². The lowest BCUT2D eigenvalue weighted by molar-refractivity contribution is 0.0709. The molecule has 1 N–H and O–H groups in total. The molecule has 0 aliphatic heterocycles. The number of aliphatic hydroxyl groups excluding tert-OH is 1. The summed E-state index contributed by atoms with van der Waals surface area (Å²) in [5.74, 6) is 1.97. The first-order chi connectivity index (χ1) is 9.74. The zero-order valence-corrected chi connectivity index (χ0v) is 12.8. The van der Waals surface area contributed by atoms with Crippen LogP contribution in [0.15, 0.2) is 12.5 Å². The quantitative estimate of drug-likeness (QED) is 0.922. The predicted molar refractivity (Wildman–Crippen MR) is 81.1 cm³/mol. The van der Waals surface area contributed by atoms with E-state index in [0.717, 1.165) is 11.6 Å². The summed E-state index contributed by atoms with van der Waals surface area (Å²) in [4.78, 5) is 6.85. The van der Waals surface area contributed by atoms with Crippen molar-refractivity contribution in [2.45, 2.75) is 57.5 Å². The monoisotopic (exact) mass is 290 g/mol. The minimum Gasteiger partial charge on any atom is -0.387 e. The summed E-state index contributed by atoms with van der Waals surface area (Å²) in [7, 11) is 0. The molecule has 1 atom stereocenters. The molecule has 0 saturated heterocycles. The van der Waals surface area contributed by atoms with Gasteiger partial charge in [-0.15, -0.1) is 11.3 Å². The van der Waals surface area contributed by atoms with Crippen molar-refractivity contribution in [1.29, 1.82) is 0 Å². The third kappa shape index (κ3) is 2.09. The maximum absolute atomic E-state index is 11.0. The van der Waals surface area contributed by atoms with Crippen molar-refractivity contribution in [3.05, 3.63) is 23.1 Å². The van der Waals surface area contributed by atoms with Gasteiger partial charge in [0.15, 0.2) is 0 Å². The van der Waals surface area contributed by atoms with Gasteiger partial charge in [-0.25, -0.2) is 4.98 Å². The molecule has 2 aromatic heterocycles. The van der Waals surface area contributed by atoms with E-state index in [1.807, 2.05) is 23.9 Å². The van der Waals surface area contributed by atoms with Crippen LogP contribution in [0.5, 0.6) is 0 Å². The van der Waals surface area contributed by atoms with Gasteiger partial charge in [-0.05, 0) is 43.4 Å². The first-order valence-corrected chi connectivity index (χ1v) is 8.68. The summed E-state index contributed by atoms with van der Waals surface area (Å²) in [6.45, 7) is 2.33. The summed E-state index contributed by atoms with van der Waals surface area (Å²) >= 11 is 1.83. The third-order valence-electron chi connectivity index (χ3n) is 5.07. The van der Waals surface area contributed by atoms with Crippen LogP contribution in [-0.4, -0.2) is 14.5 Å². The van der Waals surface area contributed by atoms with E-state index < -0.39 is 0 Å². The summed E-state index contributed by atoms with van der Waals surface area (Å²) in [6.07, 6.45) is 10.9. The van der Waals surface area contributed by atoms with Crippen molar-refractivity contribution < 1.29 is 5.11 Å². The van der Waals surface area contributed by atoms with Gasteiger partial charge in [0.25, 0.3) is 0 Å². The average molecular weight is 290 g/mol. The molecule has 0 bridgehead atoms. The predicted octanol–water partition coefficient (Wildman–Crippen LogP) is 4.13. The molecule has 2 aliphatic carbocycles. The van der Waals surface area contributed by atoms with Crippen LogP contribution in [0.2, 0.25) is 0 Å². The third-order valence-corrected chi connectivity index (χ3v) is 6.34. The number of nitrogens with zero attached hydrogens (tertiary/aromatic N) is 2. The van der Waals surface area contributed by atoms with Crippen LogP contribution >= 0.6 is 11.3 Å². The van der Waals surface area contributed by atoms with Crippen molar-refractivity contribution in [1.82, 2.24) is 9.38 Å². The Labute approximate surface area is 123 Å². The molecule has 2 saturated carbocycles. The molecule has 20 heavy (non-hydrogen) atoms. The van der Waals surface area contributed by atoms with Crippen LogP contribution in [0.3, 0.4) is 0 Å². The van der Waals surface area contributed by atoms with E-state index in [0.29, 0.717) is 11.8 Å². The highest BCUT2D eigenvalue weighted by molar-refractivity contribution is 7.17. The molecule has 1 unspecified atom stereocenters. The summed E-state index contributed by atoms with van der Waals surface area (Å²) in [6, 6.07) is 0. The Kier molecular flexibility index (Phi) is 3.11. The molecule has 2 aromatic rings. The second-order valence-electron chi connectivity index (χ2n) is 6.69. The van der Waals surface area contributed by atoms with Gasteiger partial charge in [0.2, 0.25) is 0 Å². The van der Waals surface area contributed by atoms with Crippen molar-refractivity contribution in [2.24, 2.45) is 11.8 Å². The lowest BCUT2D eigenvalue weighted by atomic mass is 9.79. The number of aromatic nitrogens is 2. The maximum atomic E-state index is 11.0. The summed E-state index contributed by atoms with van der Waals surface area (Å²) < 4.78 is 2.14. The van der Waals surface area contributed by atoms with E-state index >= 15 is 0 Å². The van der Waals surface area contributed by atoms with E-state index in [4.69, 9.17) is 0 Å². The largest absolute Gasteiger partial charge is 0.387 e. The lowest BCUT2D eigenvalue weighted by Gasteiger charge is -2.30. The Morgan fingerprint density at radius 1 is 1.25 bits per heavy atom. The van der Waals surface area contributed by atoms with Gasteiger partial charge in [-0.3, -0.25) is 4.40 Å². The molecule has 0 aromatic carbocycles. The minimum atomic E-state index is -0.305. The molecule has 4 heteroatoms. The molecule has 0 spiro atoms. The fourth-order valence-electron chi connectivity index (χ4n) is 3.57. The summed E-state index contributed by atoms with van der Waals surface area (Å²) in [5, 5.41) is 11.0. The minimum absolute atomic E-state index is 0.305. The first-order valence-electron chi connectivity index (χ1n) is 7.86. The molecule has 3 nitrogen and oxygen atoms in total. The molecule has 108 valence electrons. The van der Waals surface area contributed by atoms with Crippen LogP contribution in [0.4, 0.5) is 0 Å². The zero-order valence-electron chi connectivity index (χ0n) is 12.0. The Hall–Kier alpha value is -0.870. The zero-order chi connectivity index (χ0) is 13.7. The lowest BCUT2D eigenvalue weighted by Crippen LogP contribution is -2.21. The number of thiazole rings is 1. The molecule has 0 radical (unpaired) electrons. The number of hydrogen-bond donors (Lipinski definition) is 1. The van der Waals surface area contributed by atoms with Crippen LogP contribution < -0.4 is 0 Å². The van der Waals surface area contributed by atoms with Crippen molar-refractivity contribution in [3.63, 3.8) is 0 Å². The first kappa shape index (κ1) is 12.8. The number of rotatable bonds is 3. The van der Waals surface area contributed by atoms with Gasteiger partial charge in [0.1, 0.15) is 11.2 Å². The highest BCUT2D eigenvalue weighted by Crippen LogP contribution is 2.49. The highest BCUT2D eigenvalue weighted by atomic mass is 32.1. The van der Waals surface area contributed by atoms with E-state index in [1.54, 1.807) is 0 Å². The Bertz CT molecular complexity index is 605. The fourth-order valence-corrected chi connectivity index (χ4v) is 4.88. The highest BCUT2D eigenvalue weighted by Gasteiger charge is 2.35. The topological polar surface area (TPSA) is 37.5 Å². The Morgan fingerprint density at radius 2 is 2.00 bits per heavy atom. The van der Waals surface area contributed by atoms with E-state index in [-0.39, 0.29) is 6.10 Å². The SMILES string of the molecule is CC1CCC(C(O)c2c(C3CC3)sc3cncn23)CC1. The second-order valence-corrected chi connectivity index (χ2v) is 7.75. The normalized spacial score (nSPS) is 28.9. The summed E-state index contributed by atoms with van der Waals surface area (Å²) in [5.41, 5.74) is 1.16. The maximum Gasteiger partial charge on any atom is 0.120 e. The van der Waals surface area contributed by atoms with E-state index in [2.05, 4.69) is 16.3 Å². The number of hydrogen-bond acceptors (Lipinski definition) is 3.